The highest BCUT2D eigenvalue weighted by molar-refractivity contribution is 7.61. The standard InChI is InChI=1S/C14H12OP/c1-2-12-8-6-7-11-14(12)16(15)13-9-4-3-5-10-13/h2-11H,1H2/q+1. The van der Waals surface area contributed by atoms with E-state index in [0.29, 0.717) is 0 Å². The van der Waals surface area contributed by atoms with Crippen LogP contribution in [0, 0.1) is 0 Å². The highest BCUT2D eigenvalue weighted by Gasteiger charge is 2.24. The predicted octanol–water partition coefficient (Wildman–Crippen LogP) is 3.11. The highest BCUT2D eigenvalue weighted by atomic mass is 31.1. The van der Waals surface area contributed by atoms with Crippen molar-refractivity contribution in [3.63, 3.8) is 0 Å². The fourth-order valence-corrected chi connectivity index (χ4v) is 2.89. The minimum absolute atomic E-state index is 0.846. The first-order valence-electron chi connectivity index (χ1n) is 5.06. The van der Waals surface area contributed by atoms with Crippen LogP contribution in [-0.4, -0.2) is 0 Å². The molecule has 0 heterocycles. The summed E-state index contributed by atoms with van der Waals surface area (Å²) in [4.78, 5) is 0. The van der Waals surface area contributed by atoms with E-state index in [1.165, 1.54) is 0 Å². The molecule has 0 aliphatic heterocycles. The SMILES string of the molecule is C=Cc1ccccc1[P+](=O)c1ccccc1. The van der Waals surface area contributed by atoms with Gasteiger partial charge in [-0.15, -0.1) is 0 Å². The first-order chi connectivity index (χ1) is 7.83. The van der Waals surface area contributed by atoms with Gasteiger partial charge in [0.2, 0.25) is 5.30 Å². The Morgan fingerprint density at radius 2 is 1.56 bits per heavy atom. The predicted molar refractivity (Wildman–Crippen MR) is 69.8 cm³/mol. The number of hydrogen-bond donors (Lipinski definition) is 0. The van der Waals surface area contributed by atoms with Gasteiger partial charge in [-0.2, -0.15) is 0 Å². The lowest BCUT2D eigenvalue weighted by atomic mass is 10.2. The van der Waals surface area contributed by atoms with Crippen LogP contribution >= 0.6 is 7.80 Å². The van der Waals surface area contributed by atoms with E-state index in [-0.39, 0.29) is 0 Å². The van der Waals surface area contributed by atoms with Gasteiger partial charge in [0.1, 0.15) is 0 Å². The fourth-order valence-electron chi connectivity index (χ4n) is 1.55. The van der Waals surface area contributed by atoms with Crippen molar-refractivity contribution in [2.24, 2.45) is 0 Å². The Morgan fingerprint density at radius 1 is 0.938 bits per heavy atom. The van der Waals surface area contributed by atoms with Crippen LogP contribution in [-0.2, 0) is 4.57 Å². The van der Waals surface area contributed by atoms with Gasteiger partial charge >= 0.3 is 7.80 Å². The molecule has 2 aromatic carbocycles. The molecular weight excluding hydrogens is 215 g/mol. The normalized spacial score (nSPS) is 10.9. The number of rotatable bonds is 3. The summed E-state index contributed by atoms with van der Waals surface area (Å²) < 4.78 is 12.3. The topological polar surface area (TPSA) is 17.1 Å². The molecule has 0 spiro atoms. The quantitative estimate of drug-likeness (QED) is 0.736. The van der Waals surface area contributed by atoms with Crippen molar-refractivity contribution in [2.45, 2.75) is 0 Å². The molecule has 0 amide bonds. The Labute approximate surface area is 96.2 Å². The van der Waals surface area contributed by atoms with Gasteiger partial charge in [0, 0.05) is 5.56 Å². The average Bonchev–Trinajstić information content (AvgIpc) is 2.39. The Balaban J connectivity index is 2.46. The minimum Gasteiger partial charge on any atom is -0.0983 e. The molecule has 0 fully saturated rings. The van der Waals surface area contributed by atoms with Gasteiger partial charge in [0.15, 0.2) is 5.30 Å². The summed E-state index contributed by atoms with van der Waals surface area (Å²) in [5.41, 5.74) is 0.937. The molecule has 0 radical (unpaired) electrons. The van der Waals surface area contributed by atoms with E-state index >= 15 is 0 Å². The second kappa shape index (κ2) is 4.87. The van der Waals surface area contributed by atoms with E-state index in [1.54, 1.807) is 6.08 Å². The molecule has 0 aromatic heterocycles. The summed E-state index contributed by atoms with van der Waals surface area (Å²) in [7, 11) is -1.52. The summed E-state index contributed by atoms with van der Waals surface area (Å²) in [6.45, 7) is 3.74. The van der Waals surface area contributed by atoms with Crippen molar-refractivity contribution >= 4 is 24.5 Å². The molecule has 1 nitrogen and oxygen atoms in total. The van der Waals surface area contributed by atoms with Gasteiger partial charge in [0.25, 0.3) is 0 Å². The molecule has 1 unspecified atom stereocenters. The van der Waals surface area contributed by atoms with Gasteiger partial charge in [-0.05, 0) is 18.2 Å². The van der Waals surface area contributed by atoms with E-state index in [4.69, 9.17) is 0 Å². The van der Waals surface area contributed by atoms with E-state index in [9.17, 15) is 4.57 Å². The Morgan fingerprint density at radius 3 is 2.25 bits per heavy atom. The van der Waals surface area contributed by atoms with Gasteiger partial charge < -0.3 is 0 Å². The first-order valence-corrected chi connectivity index (χ1v) is 6.32. The monoisotopic (exact) mass is 227 g/mol. The van der Waals surface area contributed by atoms with E-state index in [1.807, 2.05) is 54.6 Å². The van der Waals surface area contributed by atoms with Crippen molar-refractivity contribution in [3.05, 3.63) is 66.7 Å². The lowest BCUT2D eigenvalue weighted by Crippen LogP contribution is -2.08. The lowest BCUT2D eigenvalue weighted by Gasteiger charge is -1.94. The molecule has 0 aliphatic carbocycles. The summed E-state index contributed by atoms with van der Waals surface area (Å²) in [6, 6.07) is 17.1. The van der Waals surface area contributed by atoms with Crippen LogP contribution < -0.4 is 10.6 Å². The zero-order chi connectivity index (χ0) is 11.4. The van der Waals surface area contributed by atoms with E-state index in [2.05, 4.69) is 6.58 Å². The van der Waals surface area contributed by atoms with Crippen LogP contribution in [0.15, 0.2) is 61.2 Å². The second-order valence-corrected chi connectivity index (χ2v) is 4.98. The van der Waals surface area contributed by atoms with Crippen molar-refractivity contribution in [3.8, 4) is 0 Å². The summed E-state index contributed by atoms with van der Waals surface area (Å²) in [5, 5.41) is 1.70. The van der Waals surface area contributed by atoms with Gasteiger partial charge in [-0.3, -0.25) is 0 Å². The van der Waals surface area contributed by atoms with Crippen LogP contribution in [0.1, 0.15) is 5.56 Å². The third-order valence-corrected chi connectivity index (χ3v) is 3.98. The first kappa shape index (κ1) is 10.8. The molecule has 0 bridgehead atoms. The van der Waals surface area contributed by atoms with Crippen LogP contribution in [0.4, 0.5) is 0 Å². The molecule has 0 aliphatic rings. The van der Waals surface area contributed by atoms with Crippen molar-refractivity contribution in [1.82, 2.24) is 0 Å². The van der Waals surface area contributed by atoms with Crippen molar-refractivity contribution in [2.75, 3.05) is 0 Å². The van der Waals surface area contributed by atoms with Gasteiger partial charge in [0.05, 0.1) is 0 Å². The largest absolute Gasteiger partial charge is 0.415 e. The molecular formula is C14H12OP+. The molecule has 2 aromatic rings. The molecule has 2 heteroatoms. The average molecular weight is 227 g/mol. The molecule has 0 N–H and O–H groups in total. The zero-order valence-corrected chi connectivity index (χ0v) is 9.73. The fraction of sp³-hybridized carbons (Fsp3) is 0. The Hall–Kier alpha value is -1.72. The molecule has 0 saturated heterocycles. The van der Waals surface area contributed by atoms with Crippen molar-refractivity contribution in [1.29, 1.82) is 0 Å². The minimum atomic E-state index is -1.52. The van der Waals surface area contributed by atoms with Crippen LogP contribution in [0.2, 0.25) is 0 Å². The van der Waals surface area contributed by atoms with Crippen molar-refractivity contribution < 1.29 is 4.57 Å². The van der Waals surface area contributed by atoms with Gasteiger partial charge in [-0.1, -0.05) is 53.6 Å². The van der Waals surface area contributed by atoms with E-state index in [0.717, 1.165) is 16.2 Å². The third kappa shape index (κ3) is 2.10. The number of hydrogen-bond acceptors (Lipinski definition) is 1. The maximum atomic E-state index is 12.3. The molecule has 1 atom stereocenters. The Bertz CT molecular complexity index is 517. The van der Waals surface area contributed by atoms with Crippen LogP contribution in [0.25, 0.3) is 6.08 Å². The maximum absolute atomic E-state index is 12.3. The maximum Gasteiger partial charge on any atom is 0.415 e. The molecule has 78 valence electrons. The molecule has 2 rings (SSSR count). The smallest absolute Gasteiger partial charge is 0.0983 e. The number of benzene rings is 2. The third-order valence-electron chi connectivity index (χ3n) is 2.37. The molecule has 16 heavy (non-hydrogen) atoms. The van der Waals surface area contributed by atoms with Crippen LogP contribution in [0.5, 0.6) is 0 Å². The highest BCUT2D eigenvalue weighted by Crippen LogP contribution is 2.21. The van der Waals surface area contributed by atoms with Crippen LogP contribution in [0.3, 0.4) is 0 Å². The molecule has 0 saturated carbocycles. The summed E-state index contributed by atoms with van der Waals surface area (Å²) in [5.74, 6) is 0. The second-order valence-electron chi connectivity index (χ2n) is 3.39. The summed E-state index contributed by atoms with van der Waals surface area (Å²) in [6.07, 6.45) is 1.74. The summed E-state index contributed by atoms with van der Waals surface area (Å²) >= 11 is 0. The van der Waals surface area contributed by atoms with E-state index < -0.39 is 7.80 Å². The zero-order valence-electron chi connectivity index (χ0n) is 8.84. The Kier molecular flexibility index (Phi) is 3.28. The lowest BCUT2D eigenvalue weighted by molar-refractivity contribution is 0.598. The van der Waals surface area contributed by atoms with Gasteiger partial charge in [-0.25, -0.2) is 0 Å².